The van der Waals surface area contributed by atoms with Gasteiger partial charge in [0.15, 0.2) is 11.6 Å². The maximum Gasteiger partial charge on any atom is 0.186 e. The quantitative estimate of drug-likeness (QED) is 0.876. The van der Waals surface area contributed by atoms with Crippen LogP contribution in [0.3, 0.4) is 0 Å². The molecule has 2 rings (SSSR count). The van der Waals surface area contributed by atoms with E-state index in [1.807, 2.05) is 6.92 Å². The molecule has 0 aliphatic carbocycles. The van der Waals surface area contributed by atoms with Gasteiger partial charge < -0.3 is 10.2 Å². The Labute approximate surface area is 127 Å². The maximum atomic E-state index is 14.1. The Hall–Kier alpha value is -1.23. The van der Waals surface area contributed by atoms with Gasteiger partial charge in [0.1, 0.15) is 6.33 Å². The number of likely N-dealkylation sites (tertiary alicyclic amines) is 1. The van der Waals surface area contributed by atoms with Gasteiger partial charge in [0.2, 0.25) is 0 Å². The Bertz CT molecular complexity index is 450. The zero-order valence-corrected chi connectivity index (χ0v) is 13.4. The van der Waals surface area contributed by atoms with Crippen molar-refractivity contribution < 1.29 is 4.39 Å². The number of piperidine rings is 1. The van der Waals surface area contributed by atoms with Crippen LogP contribution in [0.2, 0.25) is 0 Å². The number of anilines is 1. The average Bonchev–Trinajstić information content (AvgIpc) is 2.46. The topological polar surface area (TPSA) is 41.1 Å². The molecule has 1 aliphatic rings. The summed E-state index contributed by atoms with van der Waals surface area (Å²) < 4.78 is 14.1. The van der Waals surface area contributed by atoms with Crippen molar-refractivity contribution in [1.82, 2.24) is 14.9 Å². The first-order chi connectivity index (χ1) is 10.1. The van der Waals surface area contributed by atoms with E-state index in [0.717, 1.165) is 19.6 Å². The molecule has 2 heterocycles. The van der Waals surface area contributed by atoms with Crippen molar-refractivity contribution in [3.05, 3.63) is 17.8 Å². The molecule has 1 N–H and O–H groups in total. The largest absolute Gasteiger partial charge is 0.367 e. The summed E-state index contributed by atoms with van der Waals surface area (Å²) in [7, 11) is 0. The van der Waals surface area contributed by atoms with E-state index in [4.69, 9.17) is 0 Å². The highest BCUT2D eigenvalue weighted by Crippen LogP contribution is 2.19. The van der Waals surface area contributed by atoms with Gasteiger partial charge in [-0.15, -0.1) is 0 Å². The maximum absolute atomic E-state index is 14.1. The summed E-state index contributed by atoms with van der Waals surface area (Å²) in [5.41, 5.74) is 0.484. The molecule has 5 heteroatoms. The smallest absolute Gasteiger partial charge is 0.186 e. The van der Waals surface area contributed by atoms with Crippen LogP contribution in [0, 0.1) is 17.7 Å². The van der Waals surface area contributed by atoms with Gasteiger partial charge in [-0.3, -0.25) is 0 Å². The van der Waals surface area contributed by atoms with E-state index >= 15 is 0 Å². The molecule has 0 amide bonds. The average molecular weight is 294 g/mol. The van der Waals surface area contributed by atoms with Gasteiger partial charge in [0.05, 0.1) is 5.69 Å². The Balaban J connectivity index is 1.88. The molecule has 0 saturated carbocycles. The molecule has 4 nitrogen and oxygen atoms in total. The van der Waals surface area contributed by atoms with Gasteiger partial charge in [-0.2, -0.15) is 0 Å². The van der Waals surface area contributed by atoms with Gasteiger partial charge >= 0.3 is 0 Å². The van der Waals surface area contributed by atoms with E-state index in [1.165, 1.54) is 25.7 Å². The lowest BCUT2D eigenvalue weighted by atomic mass is 9.97. The lowest BCUT2D eigenvalue weighted by molar-refractivity contribution is 0.163. The molecule has 1 unspecified atom stereocenters. The van der Waals surface area contributed by atoms with Crippen LogP contribution >= 0.6 is 0 Å². The summed E-state index contributed by atoms with van der Waals surface area (Å²) in [4.78, 5) is 10.5. The zero-order valence-electron chi connectivity index (χ0n) is 13.4. The van der Waals surface area contributed by atoms with E-state index in [2.05, 4.69) is 34.0 Å². The van der Waals surface area contributed by atoms with Crippen LogP contribution in [-0.2, 0) is 6.42 Å². The first-order valence-electron chi connectivity index (χ1n) is 8.05. The predicted octanol–water partition coefficient (Wildman–Crippen LogP) is 2.96. The number of hydrogen-bond donors (Lipinski definition) is 1. The SMILES string of the molecule is CCc1ncnc(NCC2CCCN(CC(C)C)C2)c1F. The second kappa shape index (κ2) is 7.69. The summed E-state index contributed by atoms with van der Waals surface area (Å²) in [6.45, 7) is 10.6. The number of nitrogens with one attached hydrogen (secondary N) is 1. The van der Waals surface area contributed by atoms with Crippen LogP contribution in [0.15, 0.2) is 6.33 Å². The molecule has 0 aromatic carbocycles. The number of halogens is 1. The zero-order chi connectivity index (χ0) is 15.2. The van der Waals surface area contributed by atoms with Crippen molar-refractivity contribution in [2.24, 2.45) is 11.8 Å². The molecule has 21 heavy (non-hydrogen) atoms. The Morgan fingerprint density at radius 1 is 1.43 bits per heavy atom. The second-order valence-corrected chi connectivity index (χ2v) is 6.38. The fourth-order valence-corrected chi connectivity index (χ4v) is 3.02. The van der Waals surface area contributed by atoms with E-state index < -0.39 is 0 Å². The van der Waals surface area contributed by atoms with Gasteiger partial charge in [0.25, 0.3) is 0 Å². The highest BCUT2D eigenvalue weighted by Gasteiger charge is 2.21. The summed E-state index contributed by atoms with van der Waals surface area (Å²) >= 11 is 0. The van der Waals surface area contributed by atoms with Crippen LogP contribution in [-0.4, -0.2) is 41.0 Å². The minimum atomic E-state index is -0.296. The number of rotatable bonds is 6. The first kappa shape index (κ1) is 16.1. The third-order valence-electron chi connectivity index (χ3n) is 3.98. The molecule has 118 valence electrons. The molecule has 1 atom stereocenters. The molecular formula is C16H27FN4. The normalized spacial score (nSPS) is 20.0. The molecule has 0 spiro atoms. The molecule has 0 radical (unpaired) electrons. The summed E-state index contributed by atoms with van der Waals surface area (Å²) in [6, 6.07) is 0. The van der Waals surface area contributed by atoms with Crippen LogP contribution < -0.4 is 5.32 Å². The third kappa shape index (κ3) is 4.63. The van der Waals surface area contributed by atoms with Crippen LogP contribution in [0.5, 0.6) is 0 Å². The first-order valence-corrected chi connectivity index (χ1v) is 8.05. The summed E-state index contributed by atoms with van der Waals surface area (Å²) in [5, 5.41) is 3.18. The molecule has 0 bridgehead atoms. The van der Waals surface area contributed by atoms with Gasteiger partial charge in [-0.1, -0.05) is 20.8 Å². The van der Waals surface area contributed by atoms with Crippen molar-refractivity contribution in [2.75, 3.05) is 31.5 Å². The van der Waals surface area contributed by atoms with E-state index in [0.29, 0.717) is 29.8 Å². The van der Waals surface area contributed by atoms with Crippen molar-refractivity contribution in [1.29, 1.82) is 0 Å². The van der Waals surface area contributed by atoms with E-state index in [1.54, 1.807) is 0 Å². The highest BCUT2D eigenvalue weighted by atomic mass is 19.1. The molecule has 1 aromatic rings. The Morgan fingerprint density at radius 3 is 2.95 bits per heavy atom. The molecule has 1 aromatic heterocycles. The number of aryl methyl sites for hydroxylation is 1. The van der Waals surface area contributed by atoms with Crippen LogP contribution in [0.25, 0.3) is 0 Å². The van der Waals surface area contributed by atoms with Crippen molar-refractivity contribution in [3.8, 4) is 0 Å². The van der Waals surface area contributed by atoms with Gasteiger partial charge in [-0.05, 0) is 37.6 Å². The van der Waals surface area contributed by atoms with Crippen LogP contribution in [0.1, 0.15) is 39.3 Å². The summed E-state index contributed by atoms with van der Waals surface area (Å²) in [6.07, 6.45) is 4.46. The predicted molar refractivity (Wildman–Crippen MR) is 83.9 cm³/mol. The number of aromatic nitrogens is 2. The standard InChI is InChI=1S/C16H27FN4/c1-4-14-15(17)16(20-11-19-14)18-8-13-6-5-7-21(10-13)9-12(2)3/h11-13H,4-10H2,1-3H3,(H,18,19,20). The summed E-state index contributed by atoms with van der Waals surface area (Å²) in [5.74, 6) is 1.32. The molecule has 1 fully saturated rings. The highest BCUT2D eigenvalue weighted by molar-refractivity contribution is 5.37. The lowest BCUT2D eigenvalue weighted by Gasteiger charge is -2.33. The monoisotopic (exact) mass is 294 g/mol. The lowest BCUT2D eigenvalue weighted by Crippen LogP contribution is -2.40. The minimum absolute atomic E-state index is 0.296. The van der Waals surface area contributed by atoms with E-state index in [9.17, 15) is 4.39 Å². The fourth-order valence-electron chi connectivity index (χ4n) is 3.02. The van der Waals surface area contributed by atoms with Gasteiger partial charge in [-0.25, -0.2) is 14.4 Å². The second-order valence-electron chi connectivity index (χ2n) is 6.38. The minimum Gasteiger partial charge on any atom is -0.367 e. The van der Waals surface area contributed by atoms with Crippen molar-refractivity contribution >= 4 is 5.82 Å². The van der Waals surface area contributed by atoms with Gasteiger partial charge in [0, 0.05) is 19.6 Å². The fraction of sp³-hybridized carbons (Fsp3) is 0.750. The molecule has 1 saturated heterocycles. The van der Waals surface area contributed by atoms with Crippen molar-refractivity contribution in [2.45, 2.75) is 40.0 Å². The Kier molecular flexibility index (Phi) is 5.91. The van der Waals surface area contributed by atoms with E-state index in [-0.39, 0.29) is 5.82 Å². The van der Waals surface area contributed by atoms with Crippen LogP contribution in [0.4, 0.5) is 10.2 Å². The Morgan fingerprint density at radius 2 is 2.24 bits per heavy atom. The number of nitrogens with zero attached hydrogens (tertiary/aromatic N) is 3. The number of hydrogen-bond acceptors (Lipinski definition) is 4. The van der Waals surface area contributed by atoms with Crippen molar-refractivity contribution in [3.63, 3.8) is 0 Å². The third-order valence-corrected chi connectivity index (χ3v) is 3.98. The molecular weight excluding hydrogens is 267 g/mol. The molecule has 1 aliphatic heterocycles.